The average molecular weight is 215 g/mol. The molecule has 0 aromatic rings. The molecule has 2 amide bonds. The zero-order valence-corrected chi connectivity index (χ0v) is 9.42. The summed E-state index contributed by atoms with van der Waals surface area (Å²) in [5, 5.41) is 15.4. The number of amides is 2. The van der Waals surface area contributed by atoms with Gasteiger partial charge in [-0.2, -0.15) is 0 Å². The van der Waals surface area contributed by atoms with E-state index in [0.717, 1.165) is 6.42 Å². The number of carbonyl (C=O) groups is 1. The first-order valence-electron chi connectivity index (χ1n) is 5.17. The van der Waals surface area contributed by atoms with Gasteiger partial charge in [0.2, 0.25) is 0 Å². The molecule has 2 unspecified atom stereocenters. The number of hydrogen-bond acceptors (Lipinski definition) is 3. The van der Waals surface area contributed by atoms with E-state index in [1.807, 2.05) is 13.8 Å². The van der Waals surface area contributed by atoms with E-state index in [-0.39, 0.29) is 6.17 Å². The summed E-state index contributed by atoms with van der Waals surface area (Å²) >= 11 is 0. The highest BCUT2D eigenvalue weighted by Crippen LogP contribution is 2.11. The highest BCUT2D eigenvalue weighted by molar-refractivity contribution is 5.71. The van der Waals surface area contributed by atoms with E-state index in [0.29, 0.717) is 12.8 Å². The van der Waals surface area contributed by atoms with Crippen molar-refractivity contribution in [1.82, 2.24) is 10.6 Å². The standard InChI is InChI=1S/C10H21N3O2/c1-4-7-10(15,6-3)13-8(5-2)12-9(11)14/h6,8,13,15H,3-5,7H2,1-2H3,(H3,11,12,14). The van der Waals surface area contributed by atoms with E-state index in [2.05, 4.69) is 17.2 Å². The van der Waals surface area contributed by atoms with Gasteiger partial charge in [-0.3, -0.25) is 5.32 Å². The summed E-state index contributed by atoms with van der Waals surface area (Å²) < 4.78 is 0. The maximum absolute atomic E-state index is 10.7. The Morgan fingerprint density at radius 3 is 2.60 bits per heavy atom. The lowest BCUT2D eigenvalue weighted by molar-refractivity contribution is 0.0291. The quantitative estimate of drug-likeness (QED) is 0.371. The number of rotatable bonds is 7. The summed E-state index contributed by atoms with van der Waals surface area (Å²) in [5.74, 6) is 0. The lowest BCUT2D eigenvalue weighted by Crippen LogP contribution is -2.56. The zero-order chi connectivity index (χ0) is 11.9. The van der Waals surface area contributed by atoms with Crippen LogP contribution in [0.2, 0.25) is 0 Å². The first-order chi connectivity index (χ1) is 6.97. The highest BCUT2D eigenvalue weighted by atomic mass is 16.3. The second-order valence-electron chi connectivity index (χ2n) is 3.49. The summed E-state index contributed by atoms with van der Waals surface area (Å²) in [6.45, 7) is 7.40. The van der Waals surface area contributed by atoms with Gasteiger partial charge in [-0.15, -0.1) is 0 Å². The van der Waals surface area contributed by atoms with Gasteiger partial charge in [0.25, 0.3) is 0 Å². The van der Waals surface area contributed by atoms with E-state index < -0.39 is 11.8 Å². The Bertz CT molecular complexity index is 221. The van der Waals surface area contributed by atoms with Gasteiger partial charge >= 0.3 is 6.03 Å². The maximum Gasteiger partial charge on any atom is 0.313 e. The molecule has 2 atom stereocenters. The van der Waals surface area contributed by atoms with Crippen molar-refractivity contribution >= 4 is 6.03 Å². The van der Waals surface area contributed by atoms with Crippen LogP contribution in [-0.2, 0) is 0 Å². The molecule has 0 rings (SSSR count). The van der Waals surface area contributed by atoms with E-state index in [4.69, 9.17) is 5.73 Å². The number of hydrogen-bond donors (Lipinski definition) is 4. The molecular formula is C10H21N3O2. The SMILES string of the molecule is C=CC(O)(CCC)NC(CC)NC(N)=O. The zero-order valence-electron chi connectivity index (χ0n) is 9.42. The van der Waals surface area contributed by atoms with Crippen molar-refractivity contribution in [1.29, 1.82) is 0 Å². The van der Waals surface area contributed by atoms with Gasteiger partial charge in [-0.1, -0.05) is 26.8 Å². The van der Waals surface area contributed by atoms with Crippen LogP contribution in [0.25, 0.3) is 0 Å². The Kier molecular flexibility index (Phi) is 5.96. The Morgan fingerprint density at radius 1 is 1.67 bits per heavy atom. The van der Waals surface area contributed by atoms with Crippen LogP contribution >= 0.6 is 0 Å². The van der Waals surface area contributed by atoms with E-state index in [1.165, 1.54) is 6.08 Å². The Balaban J connectivity index is 4.34. The lowest BCUT2D eigenvalue weighted by Gasteiger charge is -2.30. The van der Waals surface area contributed by atoms with Crippen molar-refractivity contribution in [2.24, 2.45) is 5.73 Å². The van der Waals surface area contributed by atoms with Crippen LogP contribution in [0, 0.1) is 0 Å². The van der Waals surface area contributed by atoms with Crippen LogP contribution in [0.1, 0.15) is 33.1 Å². The molecule has 0 aliphatic heterocycles. The molecule has 5 N–H and O–H groups in total. The van der Waals surface area contributed by atoms with Crippen LogP contribution < -0.4 is 16.4 Å². The third-order valence-corrected chi connectivity index (χ3v) is 2.12. The average Bonchev–Trinajstić information content (AvgIpc) is 2.16. The summed E-state index contributed by atoms with van der Waals surface area (Å²) in [4.78, 5) is 10.7. The molecule has 5 heteroatoms. The van der Waals surface area contributed by atoms with Gasteiger partial charge in [0.1, 0.15) is 5.72 Å². The smallest absolute Gasteiger partial charge is 0.313 e. The summed E-state index contributed by atoms with van der Waals surface area (Å²) in [5.41, 5.74) is 3.85. The maximum atomic E-state index is 10.7. The minimum absolute atomic E-state index is 0.350. The Labute approximate surface area is 90.7 Å². The predicted molar refractivity (Wildman–Crippen MR) is 60.0 cm³/mol. The minimum Gasteiger partial charge on any atom is -0.372 e. The molecule has 0 fully saturated rings. The third-order valence-electron chi connectivity index (χ3n) is 2.12. The molecule has 0 saturated carbocycles. The van der Waals surface area contributed by atoms with Crippen molar-refractivity contribution in [2.45, 2.75) is 45.0 Å². The van der Waals surface area contributed by atoms with Crippen LogP contribution in [0.4, 0.5) is 4.79 Å². The van der Waals surface area contributed by atoms with Crippen LogP contribution in [-0.4, -0.2) is 23.0 Å². The molecule has 0 spiro atoms. The number of nitrogens with one attached hydrogen (secondary N) is 2. The van der Waals surface area contributed by atoms with Gasteiger partial charge < -0.3 is 16.2 Å². The first kappa shape index (κ1) is 13.9. The first-order valence-corrected chi connectivity index (χ1v) is 5.17. The van der Waals surface area contributed by atoms with Crippen LogP contribution in [0.3, 0.4) is 0 Å². The molecule has 0 heterocycles. The van der Waals surface area contributed by atoms with Gasteiger partial charge in [-0.25, -0.2) is 4.79 Å². The van der Waals surface area contributed by atoms with Gasteiger partial charge in [0.15, 0.2) is 0 Å². The van der Waals surface area contributed by atoms with E-state index in [1.54, 1.807) is 0 Å². The molecule has 0 aromatic carbocycles. The predicted octanol–water partition coefficient (Wildman–Crippen LogP) is 0.655. The van der Waals surface area contributed by atoms with Crippen molar-refractivity contribution in [3.8, 4) is 0 Å². The molecule has 0 bridgehead atoms. The molecule has 0 aliphatic carbocycles. The van der Waals surface area contributed by atoms with Crippen molar-refractivity contribution < 1.29 is 9.90 Å². The molecule has 0 aliphatic rings. The van der Waals surface area contributed by atoms with Gasteiger partial charge in [0, 0.05) is 0 Å². The molecule has 0 saturated heterocycles. The summed E-state index contributed by atoms with van der Waals surface area (Å²) in [6.07, 6.45) is 3.05. The number of carbonyl (C=O) groups excluding carboxylic acids is 1. The number of urea groups is 1. The molecule has 0 aromatic heterocycles. The molecule has 15 heavy (non-hydrogen) atoms. The topological polar surface area (TPSA) is 87.4 Å². The van der Waals surface area contributed by atoms with Gasteiger partial charge in [0.05, 0.1) is 6.17 Å². The Hall–Kier alpha value is -1.07. The van der Waals surface area contributed by atoms with Gasteiger partial charge in [-0.05, 0) is 18.9 Å². The van der Waals surface area contributed by atoms with Crippen molar-refractivity contribution in [3.63, 3.8) is 0 Å². The number of primary amides is 1. The second kappa shape index (κ2) is 6.42. The van der Waals surface area contributed by atoms with Crippen molar-refractivity contribution in [2.75, 3.05) is 0 Å². The van der Waals surface area contributed by atoms with Crippen LogP contribution in [0.15, 0.2) is 12.7 Å². The molecule has 0 radical (unpaired) electrons. The normalized spacial score (nSPS) is 16.5. The van der Waals surface area contributed by atoms with E-state index >= 15 is 0 Å². The largest absolute Gasteiger partial charge is 0.372 e. The minimum atomic E-state index is -1.15. The fourth-order valence-corrected chi connectivity index (χ4v) is 1.33. The Morgan fingerprint density at radius 2 is 2.27 bits per heavy atom. The number of nitrogens with two attached hydrogens (primary N) is 1. The number of aliphatic hydroxyl groups is 1. The fraction of sp³-hybridized carbons (Fsp3) is 0.700. The highest BCUT2D eigenvalue weighted by Gasteiger charge is 2.24. The second-order valence-corrected chi connectivity index (χ2v) is 3.49. The summed E-state index contributed by atoms with van der Waals surface area (Å²) in [7, 11) is 0. The monoisotopic (exact) mass is 215 g/mol. The summed E-state index contributed by atoms with van der Waals surface area (Å²) in [6, 6.07) is -0.614. The van der Waals surface area contributed by atoms with Crippen molar-refractivity contribution in [3.05, 3.63) is 12.7 Å². The van der Waals surface area contributed by atoms with E-state index in [9.17, 15) is 9.90 Å². The van der Waals surface area contributed by atoms with Crippen LogP contribution in [0.5, 0.6) is 0 Å². The third kappa shape index (κ3) is 5.39. The lowest BCUT2D eigenvalue weighted by atomic mass is 10.1. The molecular weight excluding hydrogens is 194 g/mol. The fourth-order valence-electron chi connectivity index (χ4n) is 1.33. The molecule has 5 nitrogen and oxygen atoms in total. The molecule has 88 valence electrons.